The van der Waals surface area contributed by atoms with Crippen LogP contribution in [0.25, 0.3) is 0 Å². The van der Waals surface area contributed by atoms with Crippen molar-refractivity contribution in [1.29, 1.82) is 0 Å². The summed E-state index contributed by atoms with van der Waals surface area (Å²) in [5.41, 5.74) is 1.58. The third kappa shape index (κ3) is 3.54. The predicted molar refractivity (Wildman–Crippen MR) is 77.0 cm³/mol. The second-order valence-corrected chi connectivity index (χ2v) is 5.37. The number of carbonyl (C=O) groups is 2. The summed E-state index contributed by atoms with van der Waals surface area (Å²) in [5, 5.41) is 5.81. The summed E-state index contributed by atoms with van der Waals surface area (Å²) in [6, 6.07) is 5.57. The monoisotopic (exact) mass is 325 g/mol. The van der Waals surface area contributed by atoms with Crippen molar-refractivity contribution in [3.63, 3.8) is 0 Å². The Morgan fingerprint density at radius 1 is 1.32 bits per heavy atom. The van der Waals surface area contributed by atoms with Crippen molar-refractivity contribution >= 4 is 33.4 Å². The molecule has 19 heavy (non-hydrogen) atoms. The molecule has 2 rings (SSSR count). The molecule has 0 aromatic heterocycles. The molecule has 102 valence electrons. The largest absolute Gasteiger partial charge is 0.332 e. The lowest BCUT2D eigenvalue weighted by atomic mass is 10.2. The zero-order valence-corrected chi connectivity index (χ0v) is 12.3. The Bertz CT molecular complexity index is 499. The third-order valence-corrected chi connectivity index (χ3v) is 3.54. The van der Waals surface area contributed by atoms with Gasteiger partial charge in [-0.25, -0.2) is 0 Å². The molecular formula is C13H16BrN3O2. The molecule has 0 bridgehead atoms. The van der Waals surface area contributed by atoms with E-state index >= 15 is 0 Å². The standard InChI is InChI=1S/C13H16BrN3O2/c1-9-2-3-10(14)8-11(9)16-12(18)13(19)17-6-4-15-5-7-17/h2-3,8,15H,4-7H2,1H3,(H,16,18). The molecule has 0 saturated carbocycles. The van der Waals surface area contributed by atoms with Gasteiger partial charge in [0.2, 0.25) is 0 Å². The number of anilines is 1. The van der Waals surface area contributed by atoms with E-state index in [4.69, 9.17) is 0 Å². The highest BCUT2D eigenvalue weighted by molar-refractivity contribution is 9.10. The number of benzene rings is 1. The van der Waals surface area contributed by atoms with Crippen molar-refractivity contribution in [3.8, 4) is 0 Å². The first-order chi connectivity index (χ1) is 9.08. The molecule has 1 aromatic rings. The first-order valence-electron chi connectivity index (χ1n) is 6.15. The van der Waals surface area contributed by atoms with Crippen LogP contribution in [0, 0.1) is 6.92 Å². The summed E-state index contributed by atoms with van der Waals surface area (Å²) in [5.74, 6) is -1.05. The van der Waals surface area contributed by atoms with Gasteiger partial charge in [0, 0.05) is 36.3 Å². The molecule has 6 heteroatoms. The van der Waals surface area contributed by atoms with Gasteiger partial charge < -0.3 is 15.5 Å². The fourth-order valence-electron chi connectivity index (χ4n) is 1.92. The van der Waals surface area contributed by atoms with Crippen LogP contribution in [-0.2, 0) is 9.59 Å². The Balaban J connectivity index is 2.03. The van der Waals surface area contributed by atoms with E-state index in [2.05, 4.69) is 26.6 Å². The summed E-state index contributed by atoms with van der Waals surface area (Å²) in [6.07, 6.45) is 0. The highest BCUT2D eigenvalue weighted by atomic mass is 79.9. The summed E-state index contributed by atoms with van der Waals surface area (Å²) < 4.78 is 0.864. The number of nitrogens with zero attached hydrogens (tertiary/aromatic N) is 1. The van der Waals surface area contributed by atoms with E-state index < -0.39 is 11.8 Å². The van der Waals surface area contributed by atoms with Crippen molar-refractivity contribution in [2.75, 3.05) is 31.5 Å². The molecule has 1 aliphatic rings. The number of halogens is 1. The molecule has 1 aliphatic heterocycles. The Labute approximate surface area is 120 Å². The van der Waals surface area contributed by atoms with Gasteiger partial charge in [-0.3, -0.25) is 9.59 Å². The van der Waals surface area contributed by atoms with Crippen LogP contribution in [0.2, 0.25) is 0 Å². The molecule has 1 fully saturated rings. The second-order valence-electron chi connectivity index (χ2n) is 4.46. The molecule has 0 unspecified atom stereocenters. The smallest absolute Gasteiger partial charge is 0.313 e. The number of aryl methyl sites for hydroxylation is 1. The topological polar surface area (TPSA) is 61.4 Å². The minimum atomic E-state index is -0.580. The van der Waals surface area contributed by atoms with Gasteiger partial charge in [-0.1, -0.05) is 22.0 Å². The number of nitrogens with one attached hydrogen (secondary N) is 2. The van der Waals surface area contributed by atoms with Crippen molar-refractivity contribution in [1.82, 2.24) is 10.2 Å². The van der Waals surface area contributed by atoms with Crippen LogP contribution >= 0.6 is 15.9 Å². The van der Waals surface area contributed by atoms with E-state index in [0.717, 1.165) is 23.1 Å². The molecule has 2 amide bonds. The number of amides is 2. The molecule has 0 atom stereocenters. The van der Waals surface area contributed by atoms with Gasteiger partial charge >= 0.3 is 11.8 Å². The number of hydrogen-bond donors (Lipinski definition) is 2. The SMILES string of the molecule is Cc1ccc(Br)cc1NC(=O)C(=O)N1CCNCC1. The normalized spacial score (nSPS) is 15.2. The Hall–Kier alpha value is -1.40. The molecule has 0 aliphatic carbocycles. The average Bonchev–Trinajstić information content (AvgIpc) is 2.43. The lowest BCUT2D eigenvalue weighted by molar-refractivity contribution is -0.143. The fourth-order valence-corrected chi connectivity index (χ4v) is 2.28. The van der Waals surface area contributed by atoms with Crippen LogP contribution < -0.4 is 10.6 Å². The third-order valence-electron chi connectivity index (χ3n) is 3.05. The second kappa shape index (κ2) is 6.16. The number of rotatable bonds is 1. The van der Waals surface area contributed by atoms with E-state index in [9.17, 15) is 9.59 Å². The molecule has 1 saturated heterocycles. The lowest BCUT2D eigenvalue weighted by Crippen LogP contribution is -2.49. The first-order valence-corrected chi connectivity index (χ1v) is 6.94. The maximum absolute atomic E-state index is 12.0. The van der Waals surface area contributed by atoms with E-state index in [1.165, 1.54) is 0 Å². The molecule has 0 radical (unpaired) electrons. The minimum Gasteiger partial charge on any atom is -0.332 e. The van der Waals surface area contributed by atoms with Gasteiger partial charge in [0.15, 0.2) is 0 Å². The Morgan fingerprint density at radius 3 is 2.68 bits per heavy atom. The molecule has 5 nitrogen and oxygen atoms in total. The maximum atomic E-state index is 12.0. The van der Waals surface area contributed by atoms with Gasteiger partial charge in [-0.05, 0) is 24.6 Å². The zero-order chi connectivity index (χ0) is 13.8. The van der Waals surface area contributed by atoms with E-state index in [0.29, 0.717) is 18.8 Å². The first kappa shape index (κ1) is 14.0. The molecular weight excluding hydrogens is 310 g/mol. The van der Waals surface area contributed by atoms with Gasteiger partial charge in [-0.2, -0.15) is 0 Å². The maximum Gasteiger partial charge on any atom is 0.313 e. The van der Waals surface area contributed by atoms with Gasteiger partial charge in [0.05, 0.1) is 0 Å². The lowest BCUT2D eigenvalue weighted by Gasteiger charge is -2.26. The van der Waals surface area contributed by atoms with Crippen LogP contribution in [0.15, 0.2) is 22.7 Å². The number of carbonyl (C=O) groups excluding carboxylic acids is 2. The number of piperazine rings is 1. The van der Waals surface area contributed by atoms with Crippen molar-refractivity contribution in [3.05, 3.63) is 28.2 Å². The summed E-state index contributed by atoms with van der Waals surface area (Å²) in [7, 11) is 0. The van der Waals surface area contributed by atoms with Crippen LogP contribution in [0.5, 0.6) is 0 Å². The van der Waals surface area contributed by atoms with Crippen molar-refractivity contribution < 1.29 is 9.59 Å². The average molecular weight is 326 g/mol. The van der Waals surface area contributed by atoms with E-state index in [1.54, 1.807) is 11.0 Å². The van der Waals surface area contributed by atoms with Crippen LogP contribution in [0.3, 0.4) is 0 Å². The Kier molecular flexibility index (Phi) is 4.55. The molecule has 1 aromatic carbocycles. The van der Waals surface area contributed by atoms with E-state index in [1.807, 2.05) is 19.1 Å². The zero-order valence-electron chi connectivity index (χ0n) is 10.7. The Morgan fingerprint density at radius 2 is 2.00 bits per heavy atom. The molecule has 2 N–H and O–H groups in total. The quantitative estimate of drug-likeness (QED) is 0.761. The highest BCUT2D eigenvalue weighted by Gasteiger charge is 2.23. The van der Waals surface area contributed by atoms with Crippen LogP contribution in [0.4, 0.5) is 5.69 Å². The van der Waals surface area contributed by atoms with Crippen molar-refractivity contribution in [2.45, 2.75) is 6.92 Å². The summed E-state index contributed by atoms with van der Waals surface area (Å²) in [4.78, 5) is 25.5. The van der Waals surface area contributed by atoms with Gasteiger partial charge in [-0.15, -0.1) is 0 Å². The highest BCUT2D eigenvalue weighted by Crippen LogP contribution is 2.20. The van der Waals surface area contributed by atoms with Gasteiger partial charge in [0.25, 0.3) is 0 Å². The fraction of sp³-hybridized carbons (Fsp3) is 0.385. The predicted octanol–water partition coefficient (Wildman–Crippen LogP) is 1.13. The summed E-state index contributed by atoms with van der Waals surface area (Å²) >= 11 is 3.34. The summed E-state index contributed by atoms with van der Waals surface area (Å²) in [6.45, 7) is 4.49. The van der Waals surface area contributed by atoms with Crippen molar-refractivity contribution in [2.24, 2.45) is 0 Å². The van der Waals surface area contributed by atoms with Crippen LogP contribution in [0.1, 0.15) is 5.56 Å². The minimum absolute atomic E-state index is 0.471. The molecule has 1 heterocycles. The van der Waals surface area contributed by atoms with E-state index in [-0.39, 0.29) is 0 Å². The number of hydrogen-bond acceptors (Lipinski definition) is 3. The molecule has 0 spiro atoms. The van der Waals surface area contributed by atoms with Gasteiger partial charge in [0.1, 0.15) is 0 Å². The van der Waals surface area contributed by atoms with Crippen LogP contribution in [-0.4, -0.2) is 42.9 Å².